The number of ether oxygens (including phenoxy) is 1. The van der Waals surface area contributed by atoms with Gasteiger partial charge in [0.25, 0.3) is 0 Å². The molecule has 2 N–H and O–H groups in total. The molecule has 30 heavy (non-hydrogen) atoms. The second-order valence-corrected chi connectivity index (χ2v) is 7.06. The van der Waals surface area contributed by atoms with Crippen LogP contribution in [0.5, 0.6) is 5.75 Å². The third-order valence-corrected chi connectivity index (χ3v) is 4.87. The lowest BCUT2D eigenvalue weighted by atomic mass is 9.98. The Balaban J connectivity index is 1.55. The van der Waals surface area contributed by atoms with Gasteiger partial charge < -0.3 is 15.4 Å². The molecule has 0 aliphatic carbocycles. The molecule has 1 atom stereocenters. The number of hydrogen-bond donors (Lipinski definition) is 2. The highest BCUT2D eigenvalue weighted by Crippen LogP contribution is 2.21. The number of methoxy groups -OCH3 is 1. The number of benzene rings is 1. The van der Waals surface area contributed by atoms with Crippen LogP contribution in [0.25, 0.3) is 5.82 Å². The van der Waals surface area contributed by atoms with Crippen molar-refractivity contribution < 1.29 is 4.74 Å². The first-order valence-corrected chi connectivity index (χ1v) is 10.3. The third kappa shape index (κ3) is 6.07. The first-order chi connectivity index (χ1) is 14.7. The molecule has 2 heterocycles. The summed E-state index contributed by atoms with van der Waals surface area (Å²) in [7, 11) is 1.69. The van der Waals surface area contributed by atoms with Crippen molar-refractivity contribution in [2.24, 2.45) is 4.99 Å². The summed E-state index contributed by atoms with van der Waals surface area (Å²) in [6.07, 6.45) is 6.42. The van der Waals surface area contributed by atoms with E-state index in [1.165, 1.54) is 5.56 Å². The Kier molecular flexibility index (Phi) is 7.83. The fourth-order valence-corrected chi connectivity index (χ4v) is 3.11. The van der Waals surface area contributed by atoms with Crippen LogP contribution < -0.4 is 15.4 Å². The number of nitrogens with zero attached hydrogens (tertiary/aromatic N) is 4. The molecule has 0 fully saturated rings. The lowest BCUT2D eigenvalue weighted by molar-refractivity contribution is 0.414. The molecule has 0 radical (unpaired) electrons. The second-order valence-electron chi connectivity index (χ2n) is 7.06. The van der Waals surface area contributed by atoms with Gasteiger partial charge in [0, 0.05) is 31.7 Å². The molecule has 0 saturated carbocycles. The van der Waals surface area contributed by atoms with Crippen LogP contribution in [-0.4, -0.2) is 40.9 Å². The van der Waals surface area contributed by atoms with Crippen molar-refractivity contribution in [3.63, 3.8) is 0 Å². The Hall–Kier alpha value is -3.35. The van der Waals surface area contributed by atoms with Crippen LogP contribution in [0.4, 0.5) is 0 Å². The molecule has 0 aliphatic rings. The van der Waals surface area contributed by atoms with E-state index in [2.05, 4.69) is 46.7 Å². The Morgan fingerprint density at radius 1 is 1.17 bits per heavy atom. The van der Waals surface area contributed by atoms with E-state index in [0.29, 0.717) is 12.5 Å². The number of hydrogen-bond acceptors (Lipinski definition) is 4. The van der Waals surface area contributed by atoms with Gasteiger partial charge in [-0.3, -0.25) is 0 Å². The van der Waals surface area contributed by atoms with Gasteiger partial charge in [-0.2, -0.15) is 5.10 Å². The first-order valence-electron chi connectivity index (χ1n) is 10.3. The number of guanidine groups is 1. The third-order valence-electron chi connectivity index (χ3n) is 4.87. The van der Waals surface area contributed by atoms with Gasteiger partial charge in [0.1, 0.15) is 5.75 Å². The predicted molar refractivity (Wildman–Crippen MR) is 120 cm³/mol. The zero-order chi connectivity index (χ0) is 21.2. The lowest BCUT2D eigenvalue weighted by Gasteiger charge is -2.15. The molecule has 1 unspecified atom stereocenters. The van der Waals surface area contributed by atoms with E-state index in [9.17, 15) is 0 Å². The molecule has 1 aromatic carbocycles. The SMILES string of the molecule is CCNC(=NCc1ccnc(-n2cccn2)c1)NCCC(C)c1ccc(OC)cc1. The molecule has 0 bridgehead atoms. The highest BCUT2D eigenvalue weighted by atomic mass is 16.5. The number of aromatic nitrogens is 3. The molecule has 158 valence electrons. The van der Waals surface area contributed by atoms with Crippen molar-refractivity contribution in [3.05, 3.63) is 72.2 Å². The summed E-state index contributed by atoms with van der Waals surface area (Å²) in [5.41, 5.74) is 2.39. The summed E-state index contributed by atoms with van der Waals surface area (Å²) in [5.74, 6) is 2.94. The molecule has 2 aromatic heterocycles. The second kappa shape index (κ2) is 11.0. The Labute approximate surface area is 178 Å². The van der Waals surface area contributed by atoms with E-state index in [4.69, 9.17) is 9.73 Å². The number of pyridine rings is 1. The quantitative estimate of drug-likeness (QED) is 0.420. The first kappa shape index (κ1) is 21.4. The Bertz CT molecular complexity index is 921. The van der Waals surface area contributed by atoms with Crippen LogP contribution in [0, 0.1) is 0 Å². The minimum absolute atomic E-state index is 0.447. The normalized spacial score (nSPS) is 12.4. The van der Waals surface area contributed by atoms with Gasteiger partial charge in [0.2, 0.25) is 0 Å². The van der Waals surface area contributed by atoms with Crippen molar-refractivity contribution >= 4 is 5.96 Å². The summed E-state index contributed by atoms with van der Waals surface area (Å²) in [5, 5.41) is 11.0. The average Bonchev–Trinajstić information content (AvgIpc) is 3.33. The molecule has 0 amide bonds. The fraction of sp³-hybridized carbons (Fsp3) is 0.348. The fourth-order valence-electron chi connectivity index (χ4n) is 3.11. The van der Waals surface area contributed by atoms with Gasteiger partial charge in [-0.15, -0.1) is 0 Å². The summed E-state index contributed by atoms with van der Waals surface area (Å²) in [4.78, 5) is 9.09. The smallest absolute Gasteiger partial charge is 0.191 e. The highest BCUT2D eigenvalue weighted by Gasteiger charge is 2.07. The van der Waals surface area contributed by atoms with Gasteiger partial charge in [0.15, 0.2) is 11.8 Å². The molecule has 7 heteroatoms. The molecule has 7 nitrogen and oxygen atoms in total. The molecule has 0 saturated heterocycles. The van der Waals surface area contributed by atoms with Gasteiger partial charge in [-0.1, -0.05) is 19.1 Å². The van der Waals surface area contributed by atoms with Crippen LogP contribution in [0.2, 0.25) is 0 Å². The van der Waals surface area contributed by atoms with Crippen molar-refractivity contribution in [2.75, 3.05) is 20.2 Å². The van der Waals surface area contributed by atoms with E-state index in [1.54, 1.807) is 24.2 Å². The number of aliphatic imine (C=N–C) groups is 1. The van der Waals surface area contributed by atoms with E-state index in [-0.39, 0.29) is 0 Å². The average molecular weight is 407 g/mol. The molecule has 3 aromatic rings. The monoisotopic (exact) mass is 406 g/mol. The van der Waals surface area contributed by atoms with Crippen molar-refractivity contribution in [1.29, 1.82) is 0 Å². The van der Waals surface area contributed by atoms with Crippen LogP contribution >= 0.6 is 0 Å². The molecular formula is C23H30N6O. The number of rotatable bonds is 9. The molecule has 0 spiro atoms. The molecule has 0 aliphatic heterocycles. The Morgan fingerprint density at radius 2 is 2.00 bits per heavy atom. The minimum atomic E-state index is 0.447. The van der Waals surface area contributed by atoms with Gasteiger partial charge in [-0.25, -0.2) is 14.7 Å². The van der Waals surface area contributed by atoms with E-state index in [1.807, 2.05) is 36.5 Å². The van der Waals surface area contributed by atoms with Crippen LogP contribution in [0.1, 0.15) is 37.3 Å². The van der Waals surface area contributed by atoms with E-state index >= 15 is 0 Å². The zero-order valence-corrected chi connectivity index (χ0v) is 17.9. The largest absolute Gasteiger partial charge is 0.497 e. The van der Waals surface area contributed by atoms with Crippen molar-refractivity contribution in [3.8, 4) is 11.6 Å². The summed E-state index contributed by atoms with van der Waals surface area (Å²) >= 11 is 0. The number of nitrogens with one attached hydrogen (secondary N) is 2. The van der Waals surface area contributed by atoms with Crippen LogP contribution in [0.3, 0.4) is 0 Å². The molecule has 3 rings (SSSR count). The van der Waals surface area contributed by atoms with Crippen molar-refractivity contribution in [2.45, 2.75) is 32.7 Å². The summed E-state index contributed by atoms with van der Waals surface area (Å²) in [6, 6.07) is 14.1. The summed E-state index contributed by atoms with van der Waals surface area (Å²) in [6.45, 7) is 6.53. The topological polar surface area (TPSA) is 76.4 Å². The lowest BCUT2D eigenvalue weighted by Crippen LogP contribution is -2.38. The van der Waals surface area contributed by atoms with E-state index in [0.717, 1.165) is 42.6 Å². The highest BCUT2D eigenvalue weighted by molar-refractivity contribution is 5.79. The standard InChI is InChI=1S/C23H30N6O/c1-4-24-23(26-13-10-18(2)20-6-8-21(30-3)9-7-20)27-17-19-11-14-25-22(16-19)29-15-5-12-28-29/h5-9,11-12,14-16,18H,4,10,13,17H2,1-3H3,(H2,24,26,27). The van der Waals surface area contributed by atoms with Crippen LogP contribution in [-0.2, 0) is 6.54 Å². The van der Waals surface area contributed by atoms with E-state index < -0.39 is 0 Å². The maximum absolute atomic E-state index is 5.24. The Morgan fingerprint density at radius 3 is 2.70 bits per heavy atom. The van der Waals surface area contributed by atoms with Gasteiger partial charge in [0.05, 0.1) is 13.7 Å². The maximum atomic E-state index is 5.24. The minimum Gasteiger partial charge on any atom is -0.497 e. The van der Waals surface area contributed by atoms with Gasteiger partial charge in [-0.05, 0) is 60.7 Å². The van der Waals surface area contributed by atoms with Gasteiger partial charge >= 0.3 is 0 Å². The maximum Gasteiger partial charge on any atom is 0.191 e. The zero-order valence-electron chi connectivity index (χ0n) is 17.9. The predicted octanol–water partition coefficient (Wildman–Crippen LogP) is 3.52. The van der Waals surface area contributed by atoms with Crippen molar-refractivity contribution in [1.82, 2.24) is 25.4 Å². The summed E-state index contributed by atoms with van der Waals surface area (Å²) < 4.78 is 6.98. The van der Waals surface area contributed by atoms with Crippen LogP contribution in [0.15, 0.2) is 66.0 Å². The molecular weight excluding hydrogens is 376 g/mol.